The molecule has 1 aromatic heterocycles. The molecule has 0 spiro atoms. The lowest BCUT2D eigenvalue weighted by molar-refractivity contribution is -0.120. The molecule has 0 radical (unpaired) electrons. The number of carbonyl (C=O) groups is 1. The molecule has 0 bridgehead atoms. The molecule has 2 aliphatic rings. The Bertz CT molecular complexity index is 684. The van der Waals surface area contributed by atoms with Crippen LogP contribution in [0.15, 0.2) is 35.7 Å². The van der Waals surface area contributed by atoms with Crippen LogP contribution in [0.4, 0.5) is 5.69 Å². The fourth-order valence-corrected chi connectivity index (χ4v) is 4.23. The number of anilines is 1. The van der Waals surface area contributed by atoms with Gasteiger partial charge in [0.25, 0.3) is 0 Å². The van der Waals surface area contributed by atoms with E-state index in [2.05, 4.69) is 15.3 Å². The molecule has 0 unspecified atom stereocenters. The normalized spacial score (nSPS) is 25.0. The average Bonchev–Trinajstić information content (AvgIpc) is 3.18. The highest BCUT2D eigenvalue weighted by atomic mass is 32.1. The molecule has 114 valence electrons. The SMILES string of the molecule is Cc1nc(CN2C[C@@H]3CN(c4ccccc4)C(=O)[C@H]3C2)cs1. The molecule has 0 saturated carbocycles. The Hall–Kier alpha value is -1.72. The Balaban J connectivity index is 1.44. The van der Waals surface area contributed by atoms with E-state index < -0.39 is 0 Å². The molecule has 2 fully saturated rings. The van der Waals surface area contributed by atoms with E-state index in [1.165, 1.54) is 0 Å². The van der Waals surface area contributed by atoms with Crippen molar-refractivity contribution in [3.8, 4) is 0 Å². The lowest BCUT2D eigenvalue weighted by Gasteiger charge is -2.21. The number of benzene rings is 1. The van der Waals surface area contributed by atoms with Gasteiger partial charge in [0.05, 0.1) is 16.6 Å². The van der Waals surface area contributed by atoms with Crippen molar-refractivity contribution in [2.24, 2.45) is 11.8 Å². The Morgan fingerprint density at radius 1 is 1.23 bits per heavy atom. The van der Waals surface area contributed by atoms with Crippen molar-refractivity contribution in [1.82, 2.24) is 9.88 Å². The highest BCUT2D eigenvalue weighted by molar-refractivity contribution is 7.09. The molecule has 2 saturated heterocycles. The quantitative estimate of drug-likeness (QED) is 0.874. The number of likely N-dealkylation sites (tertiary alicyclic amines) is 1. The number of aryl methyl sites for hydroxylation is 1. The summed E-state index contributed by atoms with van der Waals surface area (Å²) in [4.78, 5) is 21.5. The first-order valence-electron chi connectivity index (χ1n) is 7.70. The molecule has 5 heteroatoms. The number of nitrogens with zero attached hydrogens (tertiary/aromatic N) is 3. The number of aromatic nitrogens is 1. The van der Waals surface area contributed by atoms with Crippen molar-refractivity contribution in [3.63, 3.8) is 0 Å². The molecule has 0 N–H and O–H groups in total. The van der Waals surface area contributed by atoms with Gasteiger partial charge >= 0.3 is 0 Å². The number of hydrogen-bond acceptors (Lipinski definition) is 4. The van der Waals surface area contributed by atoms with Crippen LogP contribution >= 0.6 is 11.3 Å². The Kier molecular flexibility index (Phi) is 3.47. The topological polar surface area (TPSA) is 36.4 Å². The van der Waals surface area contributed by atoms with Crippen LogP contribution in [0.5, 0.6) is 0 Å². The van der Waals surface area contributed by atoms with Gasteiger partial charge in [0.2, 0.25) is 5.91 Å². The third kappa shape index (κ3) is 2.44. The molecule has 2 atom stereocenters. The van der Waals surface area contributed by atoms with Crippen LogP contribution in [0, 0.1) is 18.8 Å². The van der Waals surface area contributed by atoms with Crippen LogP contribution in [-0.2, 0) is 11.3 Å². The zero-order chi connectivity index (χ0) is 15.1. The fraction of sp³-hybridized carbons (Fsp3) is 0.412. The van der Waals surface area contributed by atoms with Gasteiger partial charge in [0.15, 0.2) is 0 Å². The van der Waals surface area contributed by atoms with Gasteiger partial charge in [-0.2, -0.15) is 0 Å². The fourth-order valence-electron chi connectivity index (χ4n) is 3.63. The molecule has 0 aliphatic carbocycles. The van der Waals surface area contributed by atoms with Crippen LogP contribution in [0.3, 0.4) is 0 Å². The number of hydrogen-bond donors (Lipinski definition) is 0. The van der Waals surface area contributed by atoms with Crippen molar-refractivity contribution in [2.75, 3.05) is 24.5 Å². The van der Waals surface area contributed by atoms with Crippen LogP contribution in [0.25, 0.3) is 0 Å². The van der Waals surface area contributed by atoms with E-state index >= 15 is 0 Å². The summed E-state index contributed by atoms with van der Waals surface area (Å²) >= 11 is 1.69. The summed E-state index contributed by atoms with van der Waals surface area (Å²) < 4.78 is 0. The van der Waals surface area contributed by atoms with Gasteiger partial charge in [0, 0.05) is 43.2 Å². The third-order valence-electron chi connectivity index (χ3n) is 4.64. The summed E-state index contributed by atoms with van der Waals surface area (Å²) in [7, 11) is 0. The molecule has 22 heavy (non-hydrogen) atoms. The Morgan fingerprint density at radius 2 is 2.05 bits per heavy atom. The third-order valence-corrected chi connectivity index (χ3v) is 5.46. The van der Waals surface area contributed by atoms with Crippen molar-refractivity contribution in [1.29, 1.82) is 0 Å². The second-order valence-corrected chi connectivity index (χ2v) is 7.27. The molecule has 4 rings (SSSR count). The van der Waals surface area contributed by atoms with Gasteiger partial charge in [-0.1, -0.05) is 18.2 Å². The van der Waals surface area contributed by atoms with Crippen molar-refractivity contribution >= 4 is 22.9 Å². The second-order valence-electron chi connectivity index (χ2n) is 6.20. The van der Waals surface area contributed by atoms with E-state index in [0.717, 1.165) is 42.6 Å². The second kappa shape index (κ2) is 5.48. The highest BCUT2D eigenvalue weighted by Gasteiger charge is 2.46. The minimum absolute atomic E-state index is 0.153. The molecule has 1 aromatic carbocycles. The van der Waals surface area contributed by atoms with Crippen molar-refractivity contribution in [2.45, 2.75) is 13.5 Å². The van der Waals surface area contributed by atoms with Crippen molar-refractivity contribution < 1.29 is 4.79 Å². The summed E-state index contributed by atoms with van der Waals surface area (Å²) in [6.07, 6.45) is 0. The van der Waals surface area contributed by atoms with Gasteiger partial charge in [-0.15, -0.1) is 11.3 Å². The van der Waals surface area contributed by atoms with E-state index in [0.29, 0.717) is 5.92 Å². The van der Waals surface area contributed by atoms with E-state index in [1.807, 2.05) is 42.2 Å². The Labute approximate surface area is 134 Å². The molecule has 3 heterocycles. The lowest BCUT2D eigenvalue weighted by Crippen LogP contribution is -2.32. The molecular formula is C17H19N3OS. The first kappa shape index (κ1) is 13.9. The van der Waals surface area contributed by atoms with Gasteiger partial charge in [0.1, 0.15) is 0 Å². The van der Waals surface area contributed by atoms with Gasteiger partial charge in [-0.3, -0.25) is 9.69 Å². The number of rotatable bonds is 3. The standard InChI is InChI=1S/C17H19N3OS/c1-12-18-14(11-22-12)9-19-7-13-8-20(17(21)16(13)10-19)15-5-3-2-4-6-15/h2-6,11,13,16H,7-10H2,1H3/t13-,16+/m1/s1. The number of para-hydroxylation sites is 1. The minimum atomic E-state index is 0.153. The minimum Gasteiger partial charge on any atom is -0.312 e. The van der Waals surface area contributed by atoms with Gasteiger partial charge < -0.3 is 4.90 Å². The van der Waals surface area contributed by atoms with Gasteiger partial charge in [-0.25, -0.2) is 4.98 Å². The van der Waals surface area contributed by atoms with Crippen molar-refractivity contribution in [3.05, 3.63) is 46.4 Å². The molecule has 2 aliphatic heterocycles. The van der Waals surface area contributed by atoms with Crippen LogP contribution in [0.2, 0.25) is 0 Å². The number of amides is 1. The van der Waals surface area contributed by atoms with E-state index in [-0.39, 0.29) is 11.8 Å². The largest absolute Gasteiger partial charge is 0.312 e. The first-order valence-corrected chi connectivity index (χ1v) is 8.58. The molecule has 4 nitrogen and oxygen atoms in total. The average molecular weight is 313 g/mol. The highest BCUT2D eigenvalue weighted by Crippen LogP contribution is 2.35. The maximum atomic E-state index is 12.7. The maximum Gasteiger partial charge on any atom is 0.231 e. The maximum absolute atomic E-state index is 12.7. The molecule has 1 amide bonds. The van der Waals surface area contributed by atoms with E-state index in [1.54, 1.807) is 11.3 Å². The number of fused-ring (bicyclic) bond motifs is 1. The predicted octanol–water partition coefficient (Wildman–Crippen LogP) is 2.55. The first-order chi connectivity index (χ1) is 10.7. The number of carbonyl (C=O) groups excluding carboxylic acids is 1. The lowest BCUT2D eigenvalue weighted by atomic mass is 10.0. The van der Waals surface area contributed by atoms with Crippen LogP contribution < -0.4 is 4.90 Å². The summed E-state index contributed by atoms with van der Waals surface area (Å²) in [6.45, 7) is 5.62. The summed E-state index contributed by atoms with van der Waals surface area (Å²) in [6, 6.07) is 10.0. The smallest absolute Gasteiger partial charge is 0.231 e. The number of thiazole rings is 1. The molecule has 2 aromatic rings. The van der Waals surface area contributed by atoms with Gasteiger partial charge in [-0.05, 0) is 19.1 Å². The van der Waals surface area contributed by atoms with Crippen LogP contribution in [0.1, 0.15) is 10.7 Å². The summed E-state index contributed by atoms with van der Waals surface area (Å²) in [5.74, 6) is 0.889. The molecular weight excluding hydrogens is 294 g/mol. The van der Waals surface area contributed by atoms with E-state index in [9.17, 15) is 4.79 Å². The van der Waals surface area contributed by atoms with Crippen LogP contribution in [-0.4, -0.2) is 35.4 Å². The Morgan fingerprint density at radius 3 is 2.73 bits per heavy atom. The predicted molar refractivity (Wildman–Crippen MR) is 87.9 cm³/mol. The monoisotopic (exact) mass is 313 g/mol. The zero-order valence-corrected chi connectivity index (χ0v) is 13.4. The summed E-state index contributed by atoms with van der Waals surface area (Å²) in [5.41, 5.74) is 2.17. The zero-order valence-electron chi connectivity index (χ0n) is 12.6. The van der Waals surface area contributed by atoms with E-state index in [4.69, 9.17) is 0 Å². The summed E-state index contributed by atoms with van der Waals surface area (Å²) in [5, 5.41) is 3.24.